The summed E-state index contributed by atoms with van der Waals surface area (Å²) in [5.41, 5.74) is 8.07. The minimum Gasteiger partial charge on any atom is -0.409 e. The number of hydrogen-bond donors (Lipinski definition) is 2. The SMILES string of the molecule is Cc1cccc(CN(C)CCCC(C)(C)C(N)=NO)c1. The van der Waals surface area contributed by atoms with Gasteiger partial charge in [0.15, 0.2) is 0 Å². The molecule has 4 nitrogen and oxygen atoms in total. The molecule has 0 aliphatic carbocycles. The second kappa shape index (κ2) is 7.29. The van der Waals surface area contributed by atoms with Crippen LogP contribution in [0.4, 0.5) is 0 Å². The van der Waals surface area contributed by atoms with Crippen LogP contribution in [0.15, 0.2) is 29.4 Å². The molecule has 1 rings (SSSR count). The van der Waals surface area contributed by atoms with Gasteiger partial charge in [-0.05, 0) is 38.9 Å². The van der Waals surface area contributed by atoms with E-state index in [0.29, 0.717) is 5.84 Å². The zero-order valence-corrected chi connectivity index (χ0v) is 13.1. The van der Waals surface area contributed by atoms with Gasteiger partial charge in [-0.25, -0.2) is 0 Å². The molecule has 1 aromatic rings. The third-order valence-corrected chi connectivity index (χ3v) is 3.68. The van der Waals surface area contributed by atoms with Crippen LogP contribution in [0.25, 0.3) is 0 Å². The van der Waals surface area contributed by atoms with Crippen LogP contribution < -0.4 is 5.73 Å². The van der Waals surface area contributed by atoms with E-state index < -0.39 is 0 Å². The molecule has 0 amide bonds. The van der Waals surface area contributed by atoms with E-state index in [4.69, 9.17) is 10.9 Å². The van der Waals surface area contributed by atoms with Gasteiger partial charge in [-0.1, -0.05) is 48.8 Å². The summed E-state index contributed by atoms with van der Waals surface area (Å²) >= 11 is 0. The largest absolute Gasteiger partial charge is 0.409 e. The topological polar surface area (TPSA) is 61.8 Å². The standard InChI is InChI=1S/C16H27N3O/c1-13-7-5-8-14(11-13)12-19(4)10-6-9-16(2,3)15(17)18-20/h5,7-8,11,20H,6,9-10,12H2,1-4H3,(H2,17,18). The van der Waals surface area contributed by atoms with Crippen molar-refractivity contribution in [3.05, 3.63) is 35.4 Å². The quantitative estimate of drug-likeness (QED) is 0.348. The van der Waals surface area contributed by atoms with E-state index in [9.17, 15) is 0 Å². The minimum absolute atomic E-state index is 0.251. The van der Waals surface area contributed by atoms with Crippen molar-refractivity contribution in [1.82, 2.24) is 4.90 Å². The monoisotopic (exact) mass is 277 g/mol. The van der Waals surface area contributed by atoms with Gasteiger partial charge >= 0.3 is 0 Å². The smallest absolute Gasteiger partial charge is 0.144 e. The van der Waals surface area contributed by atoms with E-state index in [1.165, 1.54) is 11.1 Å². The van der Waals surface area contributed by atoms with Crippen LogP contribution in [-0.2, 0) is 6.54 Å². The predicted octanol–water partition coefficient (Wildman–Crippen LogP) is 2.98. The van der Waals surface area contributed by atoms with Crippen LogP contribution in [0.5, 0.6) is 0 Å². The molecule has 3 N–H and O–H groups in total. The Morgan fingerprint density at radius 2 is 2.10 bits per heavy atom. The van der Waals surface area contributed by atoms with Crippen molar-refractivity contribution in [1.29, 1.82) is 0 Å². The third kappa shape index (κ3) is 5.21. The molecule has 0 atom stereocenters. The van der Waals surface area contributed by atoms with Crippen LogP contribution in [0.3, 0.4) is 0 Å². The fraction of sp³-hybridized carbons (Fsp3) is 0.562. The number of oxime groups is 1. The van der Waals surface area contributed by atoms with Gasteiger partial charge in [-0.15, -0.1) is 0 Å². The molecule has 0 heterocycles. The summed E-state index contributed by atoms with van der Waals surface area (Å²) in [6.45, 7) is 8.07. The highest BCUT2D eigenvalue weighted by Crippen LogP contribution is 2.22. The van der Waals surface area contributed by atoms with Gasteiger partial charge in [0.1, 0.15) is 5.84 Å². The summed E-state index contributed by atoms with van der Waals surface area (Å²) in [6, 6.07) is 8.59. The summed E-state index contributed by atoms with van der Waals surface area (Å²) < 4.78 is 0. The Hall–Kier alpha value is -1.55. The molecule has 0 unspecified atom stereocenters. The first-order valence-corrected chi connectivity index (χ1v) is 7.07. The number of aryl methyl sites for hydroxylation is 1. The second-order valence-corrected chi connectivity index (χ2v) is 6.20. The van der Waals surface area contributed by atoms with E-state index in [1.807, 2.05) is 13.8 Å². The van der Waals surface area contributed by atoms with Crippen LogP contribution in [0.2, 0.25) is 0 Å². The van der Waals surface area contributed by atoms with E-state index in [2.05, 4.69) is 48.3 Å². The number of nitrogens with two attached hydrogens (primary N) is 1. The van der Waals surface area contributed by atoms with Gasteiger partial charge < -0.3 is 15.8 Å². The lowest BCUT2D eigenvalue weighted by Gasteiger charge is -2.24. The normalized spacial score (nSPS) is 12.9. The average molecular weight is 277 g/mol. The Morgan fingerprint density at radius 1 is 1.40 bits per heavy atom. The van der Waals surface area contributed by atoms with Crippen LogP contribution in [0, 0.1) is 12.3 Å². The first kappa shape index (κ1) is 16.5. The van der Waals surface area contributed by atoms with E-state index in [1.54, 1.807) is 0 Å². The Morgan fingerprint density at radius 3 is 2.70 bits per heavy atom. The van der Waals surface area contributed by atoms with Gasteiger partial charge in [-0.3, -0.25) is 0 Å². The molecule has 0 spiro atoms. The first-order valence-electron chi connectivity index (χ1n) is 7.07. The number of rotatable bonds is 7. The van der Waals surface area contributed by atoms with Crippen molar-refractivity contribution >= 4 is 5.84 Å². The summed E-state index contributed by atoms with van der Waals surface area (Å²) in [5.74, 6) is 0.304. The van der Waals surface area contributed by atoms with Gasteiger partial charge in [0, 0.05) is 12.0 Å². The summed E-state index contributed by atoms with van der Waals surface area (Å²) in [5, 5.41) is 11.9. The molecular formula is C16H27N3O. The average Bonchev–Trinajstić information content (AvgIpc) is 2.37. The zero-order valence-electron chi connectivity index (χ0n) is 13.1. The maximum absolute atomic E-state index is 8.75. The molecule has 0 saturated heterocycles. The fourth-order valence-corrected chi connectivity index (χ4v) is 2.26. The Bertz CT molecular complexity index is 455. The maximum atomic E-state index is 8.75. The highest BCUT2D eigenvalue weighted by atomic mass is 16.4. The molecule has 0 aromatic heterocycles. The second-order valence-electron chi connectivity index (χ2n) is 6.20. The molecule has 20 heavy (non-hydrogen) atoms. The number of benzene rings is 1. The molecule has 1 aromatic carbocycles. The van der Waals surface area contributed by atoms with Crippen molar-refractivity contribution < 1.29 is 5.21 Å². The third-order valence-electron chi connectivity index (χ3n) is 3.68. The van der Waals surface area contributed by atoms with Gasteiger partial charge in [0.05, 0.1) is 0 Å². The molecule has 0 aliphatic heterocycles. The highest BCUT2D eigenvalue weighted by Gasteiger charge is 2.23. The minimum atomic E-state index is -0.251. The lowest BCUT2D eigenvalue weighted by Crippen LogP contribution is -2.32. The maximum Gasteiger partial charge on any atom is 0.144 e. The Kier molecular flexibility index (Phi) is 6.02. The first-order chi connectivity index (χ1) is 9.35. The van der Waals surface area contributed by atoms with Crippen molar-refractivity contribution in [2.75, 3.05) is 13.6 Å². The molecule has 4 heteroatoms. The lowest BCUT2D eigenvalue weighted by molar-refractivity contribution is 0.287. The van der Waals surface area contributed by atoms with Crippen molar-refractivity contribution in [3.63, 3.8) is 0 Å². The van der Waals surface area contributed by atoms with Crippen molar-refractivity contribution in [2.24, 2.45) is 16.3 Å². The van der Waals surface area contributed by atoms with Gasteiger partial charge in [0.25, 0.3) is 0 Å². The zero-order chi connectivity index (χ0) is 15.2. The summed E-state index contributed by atoms with van der Waals surface area (Å²) in [4.78, 5) is 2.30. The van der Waals surface area contributed by atoms with E-state index >= 15 is 0 Å². The highest BCUT2D eigenvalue weighted by molar-refractivity contribution is 5.85. The molecule has 112 valence electrons. The predicted molar refractivity (Wildman–Crippen MR) is 83.9 cm³/mol. The van der Waals surface area contributed by atoms with Crippen molar-refractivity contribution in [2.45, 2.75) is 40.2 Å². The molecule has 0 fully saturated rings. The van der Waals surface area contributed by atoms with Gasteiger partial charge in [-0.2, -0.15) is 0 Å². The molecule has 0 aliphatic rings. The number of amidine groups is 1. The van der Waals surface area contributed by atoms with Crippen LogP contribution in [-0.4, -0.2) is 29.5 Å². The van der Waals surface area contributed by atoms with Gasteiger partial charge in [0.2, 0.25) is 0 Å². The lowest BCUT2D eigenvalue weighted by atomic mass is 9.86. The number of hydrogen-bond acceptors (Lipinski definition) is 3. The summed E-state index contributed by atoms with van der Waals surface area (Å²) in [6.07, 6.45) is 1.92. The Labute approximate surface area is 122 Å². The molecular weight excluding hydrogens is 250 g/mol. The van der Waals surface area contributed by atoms with E-state index in [-0.39, 0.29) is 5.41 Å². The van der Waals surface area contributed by atoms with E-state index in [0.717, 1.165) is 25.9 Å². The molecule has 0 radical (unpaired) electrons. The number of nitrogens with zero attached hydrogens (tertiary/aromatic N) is 2. The van der Waals surface area contributed by atoms with Crippen molar-refractivity contribution in [3.8, 4) is 0 Å². The molecule has 0 saturated carbocycles. The van der Waals surface area contributed by atoms with Crippen LogP contribution >= 0.6 is 0 Å². The molecule has 0 bridgehead atoms. The Balaban J connectivity index is 2.39. The summed E-state index contributed by atoms with van der Waals surface area (Å²) in [7, 11) is 2.12. The van der Waals surface area contributed by atoms with Crippen LogP contribution in [0.1, 0.15) is 37.8 Å². The fourth-order valence-electron chi connectivity index (χ4n) is 2.26.